The number of carboxylic acid groups (broad SMARTS) is 1. The number of carbonyl (C=O) groups is 1. The summed E-state index contributed by atoms with van der Waals surface area (Å²) in [6.07, 6.45) is -2.10. The van der Waals surface area contributed by atoms with Crippen LogP contribution >= 0.6 is 11.6 Å². The van der Waals surface area contributed by atoms with Crippen LogP contribution in [0.2, 0.25) is 5.02 Å². The van der Waals surface area contributed by atoms with Crippen molar-refractivity contribution in [1.29, 1.82) is 0 Å². The maximum atomic E-state index is 10.6. The highest BCUT2D eigenvalue weighted by molar-refractivity contribution is 6.33. The normalized spacial score (nSPS) is 13.9. The van der Waals surface area contributed by atoms with Gasteiger partial charge in [-0.3, -0.25) is 19.9 Å². The van der Waals surface area contributed by atoms with Gasteiger partial charge in [-0.15, -0.1) is 0 Å². The second kappa shape index (κ2) is 5.71. The van der Waals surface area contributed by atoms with Gasteiger partial charge in [-0.1, -0.05) is 11.6 Å². The Morgan fingerprint density at radius 3 is 2.61 bits per heavy atom. The van der Waals surface area contributed by atoms with Crippen LogP contribution in [0.5, 0.6) is 0 Å². The number of pyridine rings is 1. The summed E-state index contributed by atoms with van der Waals surface area (Å²) in [7, 11) is 0. The molecular formula is C9H9ClN2O6. The lowest BCUT2D eigenvalue weighted by molar-refractivity contribution is -0.385. The summed E-state index contributed by atoms with van der Waals surface area (Å²) in [6.45, 7) is 0. The summed E-state index contributed by atoms with van der Waals surface area (Å²) in [4.78, 5) is 23.7. The molecule has 1 aromatic rings. The first kappa shape index (κ1) is 14.3. The summed E-state index contributed by atoms with van der Waals surface area (Å²) >= 11 is 5.68. The van der Waals surface area contributed by atoms with E-state index in [9.17, 15) is 25.1 Å². The van der Waals surface area contributed by atoms with Crippen molar-refractivity contribution in [3.63, 3.8) is 0 Å². The summed E-state index contributed by atoms with van der Waals surface area (Å²) in [5, 5.41) is 37.7. The van der Waals surface area contributed by atoms with Crippen molar-refractivity contribution in [3.8, 4) is 0 Å². The van der Waals surface area contributed by atoms with Gasteiger partial charge in [0.05, 0.1) is 17.4 Å². The number of aromatic nitrogens is 1. The number of aliphatic carboxylic acids is 1. The molecule has 9 heteroatoms. The third-order valence-electron chi connectivity index (χ3n) is 2.15. The molecule has 1 aromatic heterocycles. The Bertz CT molecular complexity index is 480. The van der Waals surface area contributed by atoms with E-state index < -0.39 is 35.2 Å². The minimum atomic E-state index is -1.67. The highest BCUT2D eigenvalue weighted by Gasteiger charge is 2.27. The number of nitrogens with zero attached hydrogens (tertiary/aromatic N) is 2. The quantitative estimate of drug-likeness (QED) is 0.527. The molecule has 0 bridgehead atoms. The maximum absolute atomic E-state index is 10.6. The molecule has 1 heterocycles. The molecule has 1 rings (SSSR count). The summed E-state index contributed by atoms with van der Waals surface area (Å²) in [5.74, 6) is -1.32. The molecule has 0 aliphatic rings. The van der Waals surface area contributed by atoms with E-state index in [1.807, 2.05) is 0 Å². The summed E-state index contributed by atoms with van der Waals surface area (Å²) < 4.78 is 0. The summed E-state index contributed by atoms with van der Waals surface area (Å²) in [5.41, 5.74) is -0.727. The van der Waals surface area contributed by atoms with Gasteiger partial charge >= 0.3 is 11.7 Å². The van der Waals surface area contributed by atoms with Gasteiger partial charge in [-0.05, 0) is 0 Å². The highest BCUT2D eigenvalue weighted by Crippen LogP contribution is 2.32. The van der Waals surface area contributed by atoms with Gasteiger partial charge in [0.15, 0.2) is 0 Å². The average Bonchev–Trinajstić information content (AvgIpc) is 2.27. The van der Waals surface area contributed by atoms with E-state index in [2.05, 4.69) is 4.98 Å². The zero-order chi connectivity index (χ0) is 13.9. The van der Waals surface area contributed by atoms with Gasteiger partial charge in [0, 0.05) is 11.8 Å². The molecule has 0 saturated heterocycles. The fraction of sp³-hybridized carbons (Fsp3) is 0.333. The Balaban J connectivity index is 3.06. The summed E-state index contributed by atoms with van der Waals surface area (Å²) in [6, 6.07) is 0. The van der Waals surface area contributed by atoms with Gasteiger partial charge in [-0.2, -0.15) is 0 Å². The van der Waals surface area contributed by atoms with E-state index in [0.717, 1.165) is 12.4 Å². The molecule has 0 aromatic carbocycles. The lowest BCUT2D eigenvalue weighted by Crippen LogP contribution is -2.22. The lowest BCUT2D eigenvalue weighted by atomic mass is 10.0. The van der Waals surface area contributed by atoms with E-state index in [1.165, 1.54) is 0 Å². The standard InChI is InChI=1S/C9H9ClN2O6/c10-8-4(2-11-3-5(8)12(17)18)9(16)6(13)1-7(14)15/h2-3,6,9,13,16H,1H2,(H,14,15). The molecule has 0 radical (unpaired) electrons. The van der Waals surface area contributed by atoms with Crippen molar-refractivity contribution >= 4 is 23.3 Å². The van der Waals surface area contributed by atoms with Crippen LogP contribution in [0.4, 0.5) is 5.69 Å². The number of rotatable bonds is 5. The minimum Gasteiger partial charge on any atom is -0.481 e. The first-order valence-electron chi connectivity index (χ1n) is 4.70. The van der Waals surface area contributed by atoms with Gasteiger partial charge in [-0.25, -0.2) is 0 Å². The van der Waals surface area contributed by atoms with Crippen LogP contribution in [0.1, 0.15) is 18.1 Å². The van der Waals surface area contributed by atoms with Crippen LogP contribution in [0.15, 0.2) is 12.4 Å². The number of carboxylic acids is 1. The largest absolute Gasteiger partial charge is 0.481 e. The molecule has 98 valence electrons. The lowest BCUT2D eigenvalue weighted by Gasteiger charge is -2.16. The predicted molar refractivity (Wildman–Crippen MR) is 59.1 cm³/mol. The molecule has 0 amide bonds. The molecular weight excluding hydrogens is 268 g/mol. The molecule has 3 N–H and O–H groups in total. The number of aliphatic hydroxyl groups excluding tert-OH is 2. The second-order valence-corrected chi connectivity index (χ2v) is 3.81. The Morgan fingerprint density at radius 2 is 2.11 bits per heavy atom. The zero-order valence-corrected chi connectivity index (χ0v) is 9.61. The van der Waals surface area contributed by atoms with Gasteiger partial charge in [0.25, 0.3) is 0 Å². The topological polar surface area (TPSA) is 134 Å². The van der Waals surface area contributed by atoms with E-state index >= 15 is 0 Å². The first-order chi connectivity index (χ1) is 8.34. The number of hydrogen-bond donors (Lipinski definition) is 3. The third kappa shape index (κ3) is 3.13. The van der Waals surface area contributed by atoms with Crippen LogP contribution in [-0.2, 0) is 4.79 Å². The zero-order valence-electron chi connectivity index (χ0n) is 8.86. The number of halogens is 1. The Hall–Kier alpha value is -1.77. The van der Waals surface area contributed by atoms with E-state index in [4.69, 9.17) is 16.7 Å². The van der Waals surface area contributed by atoms with Gasteiger partial charge in [0.2, 0.25) is 0 Å². The molecule has 2 unspecified atom stereocenters. The van der Waals surface area contributed by atoms with Crippen molar-refractivity contribution in [2.45, 2.75) is 18.6 Å². The van der Waals surface area contributed by atoms with Crippen molar-refractivity contribution in [2.75, 3.05) is 0 Å². The Morgan fingerprint density at radius 1 is 1.50 bits per heavy atom. The minimum absolute atomic E-state index is 0.195. The molecule has 0 saturated carbocycles. The SMILES string of the molecule is O=C(O)CC(O)C(O)c1cncc([N+](=O)[O-])c1Cl. The third-order valence-corrected chi connectivity index (χ3v) is 2.56. The first-order valence-corrected chi connectivity index (χ1v) is 5.08. The van der Waals surface area contributed by atoms with Crippen molar-refractivity contribution in [3.05, 3.63) is 33.1 Å². The molecule has 2 atom stereocenters. The number of nitro groups is 1. The van der Waals surface area contributed by atoms with Gasteiger partial charge < -0.3 is 15.3 Å². The van der Waals surface area contributed by atoms with E-state index in [-0.39, 0.29) is 10.6 Å². The van der Waals surface area contributed by atoms with Crippen LogP contribution in [-0.4, -0.2) is 37.3 Å². The molecule has 0 fully saturated rings. The fourth-order valence-corrected chi connectivity index (χ4v) is 1.56. The molecule has 18 heavy (non-hydrogen) atoms. The molecule has 8 nitrogen and oxygen atoms in total. The maximum Gasteiger partial charge on any atom is 0.306 e. The monoisotopic (exact) mass is 276 g/mol. The highest BCUT2D eigenvalue weighted by atomic mass is 35.5. The Kier molecular flexibility index (Phi) is 4.54. The molecule has 0 spiro atoms. The van der Waals surface area contributed by atoms with Gasteiger partial charge in [0.1, 0.15) is 17.3 Å². The number of aliphatic hydroxyl groups is 2. The molecule has 0 aliphatic heterocycles. The molecule has 0 aliphatic carbocycles. The van der Waals surface area contributed by atoms with Crippen LogP contribution in [0.25, 0.3) is 0 Å². The van der Waals surface area contributed by atoms with Crippen molar-refractivity contribution in [1.82, 2.24) is 4.98 Å². The van der Waals surface area contributed by atoms with E-state index in [0.29, 0.717) is 0 Å². The Labute approximate surface area is 106 Å². The van der Waals surface area contributed by atoms with Crippen molar-refractivity contribution in [2.24, 2.45) is 0 Å². The van der Waals surface area contributed by atoms with Crippen LogP contribution in [0.3, 0.4) is 0 Å². The average molecular weight is 277 g/mol. The van der Waals surface area contributed by atoms with Crippen molar-refractivity contribution < 1.29 is 25.0 Å². The van der Waals surface area contributed by atoms with Crippen LogP contribution in [0, 0.1) is 10.1 Å². The fourth-order valence-electron chi connectivity index (χ4n) is 1.28. The predicted octanol–water partition coefficient (Wildman–Crippen LogP) is 0.512. The number of hydrogen-bond acceptors (Lipinski definition) is 6. The van der Waals surface area contributed by atoms with E-state index in [1.54, 1.807) is 0 Å². The van der Waals surface area contributed by atoms with Crippen LogP contribution < -0.4 is 0 Å². The second-order valence-electron chi connectivity index (χ2n) is 3.43. The smallest absolute Gasteiger partial charge is 0.306 e.